The summed E-state index contributed by atoms with van der Waals surface area (Å²) in [6.45, 7) is 2.14. The van der Waals surface area contributed by atoms with Crippen molar-refractivity contribution in [2.75, 3.05) is 10.0 Å². The molecule has 20 heavy (non-hydrogen) atoms. The standard InChI is InChI=1S/C14H15N3S3/c1-9-7-10-8-11(17-20-13-3-2-6-19-13)4-5-12(10)16-14(18)15-9/h2-6,8-9,17H,7H2,1H3,(H2,15,16,18). The van der Waals surface area contributed by atoms with Crippen LogP contribution in [0.5, 0.6) is 0 Å². The van der Waals surface area contributed by atoms with Crippen molar-refractivity contribution in [1.82, 2.24) is 5.32 Å². The van der Waals surface area contributed by atoms with Gasteiger partial charge in [-0.1, -0.05) is 6.07 Å². The molecule has 104 valence electrons. The number of rotatable bonds is 3. The molecule has 1 aliphatic heterocycles. The molecule has 3 N–H and O–H groups in total. The van der Waals surface area contributed by atoms with Gasteiger partial charge in [0.1, 0.15) is 0 Å². The van der Waals surface area contributed by atoms with Crippen LogP contribution in [0.3, 0.4) is 0 Å². The lowest BCUT2D eigenvalue weighted by Crippen LogP contribution is -2.34. The van der Waals surface area contributed by atoms with Crippen LogP contribution in [-0.4, -0.2) is 11.2 Å². The quantitative estimate of drug-likeness (QED) is 0.586. The van der Waals surface area contributed by atoms with Gasteiger partial charge in [0, 0.05) is 17.4 Å². The zero-order chi connectivity index (χ0) is 13.9. The molecule has 0 fully saturated rings. The minimum Gasteiger partial charge on any atom is -0.360 e. The van der Waals surface area contributed by atoms with Crippen LogP contribution in [0, 0.1) is 0 Å². The lowest BCUT2D eigenvalue weighted by molar-refractivity contribution is 0.672. The average molecular weight is 321 g/mol. The van der Waals surface area contributed by atoms with Gasteiger partial charge in [0.05, 0.1) is 4.21 Å². The lowest BCUT2D eigenvalue weighted by Gasteiger charge is -2.11. The Kier molecular flexibility index (Phi) is 4.14. The Balaban J connectivity index is 1.76. The molecule has 6 heteroatoms. The molecule has 0 aliphatic carbocycles. The molecular formula is C14H15N3S3. The summed E-state index contributed by atoms with van der Waals surface area (Å²) < 4.78 is 4.65. The molecule has 1 aromatic carbocycles. The Hall–Kier alpha value is -1.24. The largest absolute Gasteiger partial charge is 0.360 e. The van der Waals surface area contributed by atoms with Gasteiger partial charge in [0.2, 0.25) is 0 Å². The predicted molar refractivity (Wildman–Crippen MR) is 92.8 cm³/mol. The van der Waals surface area contributed by atoms with Gasteiger partial charge >= 0.3 is 0 Å². The Bertz CT molecular complexity index is 610. The highest BCUT2D eigenvalue weighted by Crippen LogP contribution is 2.29. The zero-order valence-electron chi connectivity index (χ0n) is 11.0. The molecule has 0 saturated carbocycles. The molecule has 3 rings (SSSR count). The molecule has 2 aromatic rings. The normalized spacial score (nSPS) is 17.6. The number of nitrogens with one attached hydrogen (secondary N) is 3. The Morgan fingerprint density at radius 3 is 3.10 bits per heavy atom. The van der Waals surface area contributed by atoms with Gasteiger partial charge in [-0.2, -0.15) is 0 Å². The van der Waals surface area contributed by atoms with Crippen LogP contribution in [0.4, 0.5) is 11.4 Å². The summed E-state index contributed by atoms with van der Waals surface area (Å²) in [7, 11) is 0. The number of thiocarbonyl (C=S) groups is 1. The third kappa shape index (κ3) is 3.26. The molecule has 1 unspecified atom stereocenters. The Morgan fingerprint density at radius 2 is 2.30 bits per heavy atom. The van der Waals surface area contributed by atoms with Gasteiger partial charge in [-0.3, -0.25) is 0 Å². The first-order valence-electron chi connectivity index (χ1n) is 6.37. The minimum atomic E-state index is 0.344. The number of fused-ring (bicyclic) bond motifs is 1. The first kappa shape index (κ1) is 13.7. The van der Waals surface area contributed by atoms with E-state index in [1.54, 1.807) is 23.3 Å². The first-order chi connectivity index (χ1) is 9.70. The van der Waals surface area contributed by atoms with E-state index in [9.17, 15) is 0 Å². The van der Waals surface area contributed by atoms with E-state index in [4.69, 9.17) is 12.2 Å². The minimum absolute atomic E-state index is 0.344. The highest BCUT2D eigenvalue weighted by Gasteiger charge is 2.15. The van der Waals surface area contributed by atoms with E-state index < -0.39 is 0 Å². The van der Waals surface area contributed by atoms with E-state index in [0.29, 0.717) is 11.2 Å². The monoisotopic (exact) mass is 321 g/mol. The molecular weight excluding hydrogens is 306 g/mol. The van der Waals surface area contributed by atoms with Gasteiger partial charge in [-0.25, -0.2) is 0 Å². The summed E-state index contributed by atoms with van der Waals surface area (Å²) in [6.07, 6.45) is 0.960. The van der Waals surface area contributed by atoms with E-state index >= 15 is 0 Å². The fraction of sp³-hybridized carbons (Fsp3) is 0.214. The van der Waals surface area contributed by atoms with Gasteiger partial charge in [-0.15, -0.1) is 11.3 Å². The fourth-order valence-electron chi connectivity index (χ4n) is 2.14. The molecule has 0 saturated heterocycles. The molecule has 1 atom stereocenters. The lowest BCUT2D eigenvalue weighted by atomic mass is 10.1. The number of anilines is 2. The summed E-state index contributed by atoms with van der Waals surface area (Å²) in [5, 5.41) is 9.28. The van der Waals surface area contributed by atoms with Gasteiger partial charge in [-0.05, 0) is 72.7 Å². The fourth-order valence-corrected chi connectivity index (χ4v) is 3.88. The van der Waals surface area contributed by atoms with Crippen LogP contribution in [-0.2, 0) is 6.42 Å². The van der Waals surface area contributed by atoms with Crippen molar-refractivity contribution in [2.45, 2.75) is 23.6 Å². The van der Waals surface area contributed by atoms with Crippen LogP contribution < -0.4 is 15.4 Å². The van der Waals surface area contributed by atoms with Crippen molar-refractivity contribution >= 4 is 52.0 Å². The van der Waals surface area contributed by atoms with Gasteiger partial charge < -0.3 is 15.4 Å². The second-order valence-corrected chi connectivity index (χ2v) is 7.17. The number of benzene rings is 1. The molecule has 1 aliphatic rings. The van der Waals surface area contributed by atoms with Crippen molar-refractivity contribution in [3.05, 3.63) is 41.3 Å². The summed E-state index contributed by atoms with van der Waals surface area (Å²) in [4.78, 5) is 0. The van der Waals surface area contributed by atoms with Gasteiger partial charge in [0.25, 0.3) is 0 Å². The molecule has 3 nitrogen and oxygen atoms in total. The maximum Gasteiger partial charge on any atom is 0.171 e. The van der Waals surface area contributed by atoms with E-state index in [-0.39, 0.29) is 0 Å². The van der Waals surface area contributed by atoms with Crippen molar-refractivity contribution in [3.8, 4) is 0 Å². The number of hydrogen-bond acceptors (Lipinski definition) is 4. The Labute approximate surface area is 132 Å². The molecule has 2 heterocycles. The second kappa shape index (κ2) is 6.03. The summed E-state index contributed by atoms with van der Waals surface area (Å²) in [5.74, 6) is 0. The molecule has 0 spiro atoms. The molecule has 0 bridgehead atoms. The third-order valence-electron chi connectivity index (χ3n) is 3.02. The first-order valence-corrected chi connectivity index (χ1v) is 8.48. The number of thiophene rings is 1. The van der Waals surface area contributed by atoms with Crippen molar-refractivity contribution < 1.29 is 0 Å². The van der Waals surface area contributed by atoms with Crippen molar-refractivity contribution in [1.29, 1.82) is 0 Å². The smallest absolute Gasteiger partial charge is 0.171 e. The molecule has 0 radical (unpaired) electrons. The van der Waals surface area contributed by atoms with Crippen LogP contribution >= 0.6 is 35.5 Å². The van der Waals surface area contributed by atoms with E-state index in [1.165, 1.54) is 9.77 Å². The highest BCUT2D eigenvalue weighted by atomic mass is 32.2. The zero-order valence-corrected chi connectivity index (χ0v) is 13.4. The van der Waals surface area contributed by atoms with Crippen molar-refractivity contribution in [3.63, 3.8) is 0 Å². The van der Waals surface area contributed by atoms with E-state index in [2.05, 4.69) is 58.0 Å². The maximum atomic E-state index is 5.24. The van der Waals surface area contributed by atoms with E-state index in [1.807, 2.05) is 0 Å². The Morgan fingerprint density at radius 1 is 1.40 bits per heavy atom. The maximum absolute atomic E-state index is 5.24. The summed E-state index contributed by atoms with van der Waals surface area (Å²) >= 11 is 8.62. The summed E-state index contributed by atoms with van der Waals surface area (Å²) in [6, 6.07) is 10.9. The average Bonchev–Trinajstić information content (AvgIpc) is 2.87. The summed E-state index contributed by atoms with van der Waals surface area (Å²) in [5.41, 5.74) is 3.49. The predicted octanol–water partition coefficient (Wildman–Crippen LogP) is 4.10. The highest BCUT2D eigenvalue weighted by molar-refractivity contribution is 8.02. The van der Waals surface area contributed by atoms with Crippen LogP contribution in [0.25, 0.3) is 0 Å². The van der Waals surface area contributed by atoms with Crippen LogP contribution in [0.1, 0.15) is 12.5 Å². The third-order valence-corrected chi connectivity index (χ3v) is 5.12. The SMILES string of the molecule is CC1Cc2cc(NSc3cccs3)ccc2NC(=S)N1. The number of hydrogen-bond donors (Lipinski definition) is 3. The van der Waals surface area contributed by atoms with Crippen molar-refractivity contribution in [2.24, 2.45) is 0 Å². The molecule has 1 aromatic heterocycles. The van der Waals surface area contributed by atoms with Gasteiger partial charge in [0.15, 0.2) is 5.11 Å². The molecule has 0 amide bonds. The topological polar surface area (TPSA) is 36.1 Å². The second-order valence-electron chi connectivity index (χ2n) is 4.71. The van der Waals surface area contributed by atoms with Crippen LogP contribution in [0.15, 0.2) is 39.9 Å². The van der Waals surface area contributed by atoms with E-state index in [0.717, 1.165) is 17.8 Å². The van der Waals surface area contributed by atoms with Crippen LogP contribution in [0.2, 0.25) is 0 Å².